The Hall–Kier alpha value is -2.82. The highest BCUT2D eigenvalue weighted by atomic mass is 32.3. The zero-order chi connectivity index (χ0) is 20.5. The highest BCUT2D eigenvalue weighted by Crippen LogP contribution is 2.30. The van der Waals surface area contributed by atoms with E-state index in [1.54, 1.807) is 0 Å². The number of fused-ring (bicyclic) bond motifs is 2. The molecule has 2 aliphatic heterocycles. The predicted octanol–water partition coefficient (Wildman–Crippen LogP) is -3.11. The molecule has 1 aromatic heterocycles. The van der Waals surface area contributed by atoms with Gasteiger partial charge in [-0.15, -0.1) is 9.38 Å². The summed E-state index contributed by atoms with van der Waals surface area (Å²) in [6.07, 6.45) is 1.96. The van der Waals surface area contributed by atoms with Gasteiger partial charge in [-0.1, -0.05) is 5.21 Å². The van der Waals surface area contributed by atoms with Gasteiger partial charge in [-0.05, 0) is 12.8 Å². The van der Waals surface area contributed by atoms with Crippen LogP contribution in [0, 0.1) is 0 Å². The van der Waals surface area contributed by atoms with Crippen LogP contribution < -0.4 is 16.6 Å². The number of hydrogen-bond donors (Lipinski definition) is 4. The molecule has 0 aliphatic carbocycles. The number of rotatable bonds is 6. The van der Waals surface area contributed by atoms with Gasteiger partial charge in [0.1, 0.15) is 12.6 Å². The molecule has 0 spiro atoms. The lowest BCUT2D eigenvalue weighted by Crippen LogP contribution is -2.54. The van der Waals surface area contributed by atoms with Crippen molar-refractivity contribution in [2.24, 2.45) is 5.73 Å². The molecule has 0 radical (unpaired) electrons. The zero-order valence-electron chi connectivity index (χ0n) is 14.4. The van der Waals surface area contributed by atoms with Gasteiger partial charge in [0.25, 0.3) is 11.8 Å². The van der Waals surface area contributed by atoms with Crippen molar-refractivity contribution in [3.63, 3.8) is 0 Å². The molecule has 4 amide bonds. The standard InChI is InChI=1S/C12H18N8O7S/c13-3-7-4-18(17-14-7)6-10(21)15-16-11(22)9-2-1-8-5-19(9)12(23)20(8)27-28(24,25)26/h4,8-9H,1-3,5-6,13H2,(H,15,21)(H,16,22)(H,24,25,26)/t8-,9+/m1/s1. The number of hydrazine groups is 1. The third-order valence-electron chi connectivity index (χ3n) is 4.23. The van der Waals surface area contributed by atoms with Gasteiger partial charge >= 0.3 is 16.4 Å². The van der Waals surface area contributed by atoms with Crippen molar-refractivity contribution in [2.45, 2.75) is 38.0 Å². The van der Waals surface area contributed by atoms with Crippen LogP contribution in [0.25, 0.3) is 0 Å². The molecule has 5 N–H and O–H groups in total. The smallest absolute Gasteiger partial charge is 0.325 e. The highest BCUT2D eigenvalue weighted by molar-refractivity contribution is 7.80. The van der Waals surface area contributed by atoms with E-state index < -0.39 is 40.3 Å². The molecule has 2 fully saturated rings. The summed E-state index contributed by atoms with van der Waals surface area (Å²) in [4.78, 5) is 37.6. The van der Waals surface area contributed by atoms with Gasteiger partial charge in [-0.2, -0.15) is 13.5 Å². The van der Waals surface area contributed by atoms with Crippen LogP contribution >= 0.6 is 0 Å². The largest absolute Gasteiger partial charge is 0.418 e. The van der Waals surface area contributed by atoms with Crippen LogP contribution in [0.2, 0.25) is 0 Å². The molecule has 28 heavy (non-hydrogen) atoms. The van der Waals surface area contributed by atoms with Gasteiger partial charge in [0.15, 0.2) is 0 Å². The van der Waals surface area contributed by atoms with Gasteiger partial charge in [0, 0.05) is 13.1 Å². The van der Waals surface area contributed by atoms with E-state index in [4.69, 9.17) is 10.3 Å². The average molecular weight is 418 g/mol. The summed E-state index contributed by atoms with van der Waals surface area (Å²) in [6.45, 7) is 0.00303. The Labute approximate surface area is 158 Å². The number of aromatic nitrogens is 3. The van der Waals surface area contributed by atoms with Crippen LogP contribution in [0.4, 0.5) is 4.79 Å². The summed E-state index contributed by atoms with van der Waals surface area (Å²) in [6, 6.07) is -2.42. The number of nitrogens with two attached hydrogens (primary N) is 1. The summed E-state index contributed by atoms with van der Waals surface area (Å²) in [5.74, 6) is -1.24. The summed E-state index contributed by atoms with van der Waals surface area (Å²) in [5, 5.41) is 7.94. The molecule has 0 unspecified atom stereocenters. The molecule has 15 nitrogen and oxygen atoms in total. The number of nitrogens with zero attached hydrogens (tertiary/aromatic N) is 5. The van der Waals surface area contributed by atoms with Gasteiger partial charge in [-0.3, -0.25) is 25.0 Å². The van der Waals surface area contributed by atoms with Crippen molar-refractivity contribution in [1.82, 2.24) is 35.8 Å². The monoisotopic (exact) mass is 418 g/mol. The number of carbonyl (C=O) groups excluding carboxylic acids is 3. The second-order valence-electron chi connectivity index (χ2n) is 6.16. The maximum Gasteiger partial charge on any atom is 0.418 e. The molecule has 2 bridgehead atoms. The third-order valence-corrected chi connectivity index (χ3v) is 4.57. The van der Waals surface area contributed by atoms with Crippen LogP contribution in [-0.2, 0) is 37.4 Å². The van der Waals surface area contributed by atoms with E-state index in [0.29, 0.717) is 10.8 Å². The minimum Gasteiger partial charge on any atom is -0.325 e. The quantitative estimate of drug-likeness (QED) is 0.270. The van der Waals surface area contributed by atoms with Gasteiger partial charge in [0.2, 0.25) is 0 Å². The van der Waals surface area contributed by atoms with Gasteiger partial charge in [0.05, 0.1) is 17.9 Å². The van der Waals surface area contributed by atoms with Gasteiger partial charge < -0.3 is 10.6 Å². The fourth-order valence-corrected chi connectivity index (χ4v) is 3.40. The lowest BCUT2D eigenvalue weighted by Gasteiger charge is -2.29. The van der Waals surface area contributed by atoms with Crippen LogP contribution in [0.3, 0.4) is 0 Å². The first kappa shape index (κ1) is 19.9. The van der Waals surface area contributed by atoms with Crippen molar-refractivity contribution in [3.8, 4) is 0 Å². The SMILES string of the molecule is NCc1cn(CC(=O)NNC(=O)[C@@H]2CC[C@@H]3CN2C(=O)N3OS(=O)(=O)O)nn1. The van der Waals surface area contributed by atoms with Crippen LogP contribution in [0.5, 0.6) is 0 Å². The molecule has 0 saturated carbocycles. The normalized spacial score (nSPS) is 21.7. The Morgan fingerprint density at radius 1 is 1.36 bits per heavy atom. The maximum absolute atomic E-state index is 12.3. The summed E-state index contributed by atoms with van der Waals surface area (Å²) in [5.41, 5.74) is 10.3. The van der Waals surface area contributed by atoms with Crippen LogP contribution in [-0.4, -0.2) is 74.4 Å². The molecule has 16 heteroatoms. The number of nitrogens with one attached hydrogen (secondary N) is 2. The minimum atomic E-state index is -4.87. The van der Waals surface area contributed by atoms with E-state index in [9.17, 15) is 22.8 Å². The van der Waals surface area contributed by atoms with Crippen LogP contribution in [0.1, 0.15) is 18.5 Å². The van der Waals surface area contributed by atoms with E-state index >= 15 is 0 Å². The highest BCUT2D eigenvalue weighted by Gasteiger charge is 2.49. The lowest BCUT2D eigenvalue weighted by atomic mass is 10.0. The fourth-order valence-electron chi connectivity index (χ4n) is 3.01. The molecule has 3 heterocycles. The number of hydrogen-bond acceptors (Lipinski definition) is 9. The van der Waals surface area contributed by atoms with E-state index in [0.717, 1.165) is 4.90 Å². The topological polar surface area (TPSA) is 202 Å². The summed E-state index contributed by atoms with van der Waals surface area (Å²) in [7, 11) is -4.87. The van der Waals surface area contributed by atoms with E-state index in [1.807, 2.05) is 0 Å². The summed E-state index contributed by atoms with van der Waals surface area (Å²) < 4.78 is 36.0. The first-order chi connectivity index (χ1) is 13.2. The van der Waals surface area contributed by atoms with E-state index in [2.05, 4.69) is 25.4 Å². The van der Waals surface area contributed by atoms with Crippen molar-refractivity contribution in [1.29, 1.82) is 0 Å². The predicted molar refractivity (Wildman–Crippen MR) is 87.6 cm³/mol. The fraction of sp³-hybridized carbons (Fsp3) is 0.583. The molecular formula is C12H18N8O7S. The number of amides is 4. The first-order valence-electron chi connectivity index (χ1n) is 8.12. The Morgan fingerprint density at radius 2 is 2.11 bits per heavy atom. The number of piperidine rings is 1. The second-order valence-corrected chi connectivity index (χ2v) is 7.16. The van der Waals surface area contributed by atoms with Crippen molar-refractivity contribution in [2.75, 3.05) is 6.54 Å². The number of carbonyl (C=O) groups is 3. The Morgan fingerprint density at radius 3 is 2.75 bits per heavy atom. The van der Waals surface area contributed by atoms with E-state index in [1.165, 1.54) is 10.9 Å². The lowest BCUT2D eigenvalue weighted by molar-refractivity contribution is -0.132. The molecule has 1 aromatic rings. The third kappa shape index (κ3) is 4.35. The maximum atomic E-state index is 12.3. The molecule has 154 valence electrons. The van der Waals surface area contributed by atoms with Crippen LogP contribution in [0.15, 0.2) is 6.20 Å². The molecule has 2 aliphatic rings. The molecule has 2 saturated heterocycles. The van der Waals surface area contributed by atoms with Crippen molar-refractivity contribution in [3.05, 3.63) is 11.9 Å². The number of hydroxylamine groups is 2. The second kappa shape index (κ2) is 7.66. The zero-order valence-corrected chi connectivity index (χ0v) is 15.2. The van der Waals surface area contributed by atoms with Gasteiger partial charge in [-0.25, -0.2) is 9.48 Å². The molecular weight excluding hydrogens is 400 g/mol. The molecule has 0 aromatic carbocycles. The Balaban J connectivity index is 1.53. The Kier molecular flexibility index (Phi) is 5.45. The van der Waals surface area contributed by atoms with Crippen molar-refractivity contribution < 1.29 is 31.6 Å². The minimum absolute atomic E-state index is 0.0429. The summed E-state index contributed by atoms with van der Waals surface area (Å²) >= 11 is 0. The average Bonchev–Trinajstić information content (AvgIpc) is 3.17. The molecule has 2 atom stereocenters. The van der Waals surface area contributed by atoms with Crippen molar-refractivity contribution >= 4 is 28.2 Å². The molecule has 3 rings (SSSR count). The number of urea groups is 1. The Bertz CT molecular complexity index is 886. The first-order valence-corrected chi connectivity index (χ1v) is 9.49. The van der Waals surface area contributed by atoms with E-state index in [-0.39, 0.29) is 32.5 Å².